The molecule has 4 nitrogen and oxygen atoms in total. The summed E-state index contributed by atoms with van der Waals surface area (Å²) >= 11 is 3.55. The highest BCUT2D eigenvalue weighted by Crippen LogP contribution is 2.37. The third kappa shape index (κ3) is 3.16. The van der Waals surface area contributed by atoms with Gasteiger partial charge in [0.1, 0.15) is 11.6 Å². The lowest BCUT2D eigenvalue weighted by Gasteiger charge is -2.10. The number of halogens is 4. The van der Waals surface area contributed by atoms with Crippen molar-refractivity contribution >= 4 is 21.7 Å². The second-order valence-electron chi connectivity index (χ2n) is 5.79. The molecule has 0 fully saturated rings. The Kier molecular flexibility index (Phi) is 4.14. The molecule has 2 heterocycles. The highest BCUT2D eigenvalue weighted by Gasteiger charge is 2.31. The molecule has 1 aliphatic heterocycles. The van der Waals surface area contributed by atoms with Gasteiger partial charge in [-0.3, -0.25) is 0 Å². The smallest absolute Gasteiger partial charge is 0.406 e. The number of benzene rings is 2. The Balaban J connectivity index is 1.74. The Morgan fingerprint density at radius 1 is 1.08 bits per heavy atom. The van der Waals surface area contributed by atoms with Crippen LogP contribution in [0, 0.1) is 0 Å². The molecule has 26 heavy (non-hydrogen) atoms. The Hall–Kier alpha value is -2.48. The lowest BCUT2D eigenvalue weighted by Crippen LogP contribution is -2.17. The van der Waals surface area contributed by atoms with Crippen molar-refractivity contribution in [3.8, 4) is 22.7 Å². The number of fused-ring (bicyclic) bond motifs is 1. The summed E-state index contributed by atoms with van der Waals surface area (Å²) in [4.78, 5) is 0. The number of nitrogens with zero attached hydrogens (tertiary/aromatic N) is 2. The minimum atomic E-state index is -4.71. The van der Waals surface area contributed by atoms with Gasteiger partial charge in [0.2, 0.25) is 0 Å². The zero-order valence-electron chi connectivity index (χ0n) is 13.3. The average Bonchev–Trinajstić information content (AvgIpc) is 3.17. The van der Waals surface area contributed by atoms with Gasteiger partial charge in [0, 0.05) is 22.1 Å². The first-order valence-electron chi connectivity index (χ1n) is 7.89. The number of hydrogen-bond donors (Lipinski definition) is 1. The zero-order chi connectivity index (χ0) is 18.3. The average molecular weight is 424 g/mol. The normalized spacial score (nSPS) is 13.4. The van der Waals surface area contributed by atoms with Crippen LogP contribution in [0.2, 0.25) is 0 Å². The van der Waals surface area contributed by atoms with Crippen LogP contribution >= 0.6 is 15.9 Å². The fourth-order valence-corrected chi connectivity index (χ4v) is 3.49. The standard InChI is InChI=1S/C18H13BrF3N3O/c19-15-4-2-1-3-13(15)16-14-9-10-23-17(14)25(24-16)11-5-7-12(8-6-11)26-18(20,21)22/h1-8,23H,9-10H2. The second-order valence-corrected chi connectivity index (χ2v) is 6.64. The van der Waals surface area contributed by atoms with Crippen LogP contribution in [0.25, 0.3) is 16.9 Å². The summed E-state index contributed by atoms with van der Waals surface area (Å²) in [6.07, 6.45) is -3.87. The quantitative estimate of drug-likeness (QED) is 0.631. The van der Waals surface area contributed by atoms with Crippen LogP contribution in [0.15, 0.2) is 53.0 Å². The van der Waals surface area contributed by atoms with Gasteiger partial charge in [-0.05, 0) is 36.8 Å². The molecule has 0 saturated carbocycles. The molecule has 0 bridgehead atoms. The molecule has 0 radical (unpaired) electrons. The van der Waals surface area contributed by atoms with Gasteiger partial charge < -0.3 is 10.1 Å². The minimum Gasteiger partial charge on any atom is -0.406 e. The first-order chi connectivity index (χ1) is 12.4. The first-order valence-corrected chi connectivity index (χ1v) is 8.68. The molecule has 134 valence electrons. The number of alkyl halides is 3. The SMILES string of the molecule is FC(F)(F)Oc1ccc(-n2nc(-c3ccccc3Br)c3c2NCC3)cc1. The first kappa shape index (κ1) is 17.0. The van der Waals surface area contributed by atoms with Crippen molar-refractivity contribution in [2.45, 2.75) is 12.8 Å². The summed E-state index contributed by atoms with van der Waals surface area (Å²) < 4.78 is 43.5. The Morgan fingerprint density at radius 3 is 2.50 bits per heavy atom. The van der Waals surface area contributed by atoms with Crippen LogP contribution < -0.4 is 10.1 Å². The van der Waals surface area contributed by atoms with E-state index in [9.17, 15) is 13.2 Å². The van der Waals surface area contributed by atoms with E-state index in [0.29, 0.717) is 5.69 Å². The van der Waals surface area contributed by atoms with Gasteiger partial charge in [0.15, 0.2) is 0 Å². The van der Waals surface area contributed by atoms with Crippen LogP contribution in [-0.2, 0) is 6.42 Å². The molecule has 4 rings (SSSR count). The van der Waals surface area contributed by atoms with E-state index in [0.717, 1.165) is 40.1 Å². The molecule has 0 spiro atoms. The highest BCUT2D eigenvalue weighted by molar-refractivity contribution is 9.10. The number of ether oxygens (including phenoxy) is 1. The van der Waals surface area contributed by atoms with Gasteiger partial charge >= 0.3 is 6.36 Å². The molecule has 0 amide bonds. The van der Waals surface area contributed by atoms with Crippen LogP contribution in [-0.4, -0.2) is 22.7 Å². The molecule has 2 aromatic carbocycles. The molecule has 1 N–H and O–H groups in total. The predicted molar refractivity (Wildman–Crippen MR) is 95.6 cm³/mol. The second kappa shape index (κ2) is 6.35. The highest BCUT2D eigenvalue weighted by atomic mass is 79.9. The van der Waals surface area contributed by atoms with Crippen molar-refractivity contribution in [2.75, 3.05) is 11.9 Å². The third-order valence-electron chi connectivity index (χ3n) is 4.09. The molecule has 8 heteroatoms. The number of aromatic nitrogens is 2. The Bertz CT molecular complexity index is 951. The molecule has 0 atom stereocenters. The molecule has 1 aromatic heterocycles. The number of hydrogen-bond acceptors (Lipinski definition) is 3. The molecule has 1 aliphatic rings. The summed E-state index contributed by atoms with van der Waals surface area (Å²) in [5.74, 6) is 0.601. The summed E-state index contributed by atoms with van der Waals surface area (Å²) in [5, 5.41) is 8.00. The predicted octanol–water partition coefficient (Wildman–Crippen LogP) is 5.17. The van der Waals surface area contributed by atoms with Gasteiger partial charge in [-0.2, -0.15) is 5.10 Å². The van der Waals surface area contributed by atoms with Gasteiger partial charge in [0.05, 0.1) is 11.4 Å². The maximum absolute atomic E-state index is 12.3. The van der Waals surface area contributed by atoms with E-state index in [1.807, 2.05) is 24.3 Å². The van der Waals surface area contributed by atoms with Crippen molar-refractivity contribution in [3.05, 3.63) is 58.6 Å². The molecule has 0 unspecified atom stereocenters. The summed E-state index contributed by atoms with van der Waals surface area (Å²) in [5.41, 5.74) is 3.58. The summed E-state index contributed by atoms with van der Waals surface area (Å²) in [6, 6.07) is 13.5. The van der Waals surface area contributed by atoms with E-state index in [1.165, 1.54) is 12.1 Å². The van der Waals surface area contributed by atoms with Crippen molar-refractivity contribution < 1.29 is 17.9 Å². The topological polar surface area (TPSA) is 39.1 Å². The van der Waals surface area contributed by atoms with Crippen LogP contribution in [0.1, 0.15) is 5.56 Å². The number of rotatable bonds is 3. The van der Waals surface area contributed by atoms with Gasteiger partial charge in [-0.1, -0.05) is 34.1 Å². The van der Waals surface area contributed by atoms with E-state index in [2.05, 4.69) is 26.0 Å². The maximum Gasteiger partial charge on any atom is 0.573 e. The lowest BCUT2D eigenvalue weighted by molar-refractivity contribution is -0.274. The van der Waals surface area contributed by atoms with Crippen LogP contribution in [0.5, 0.6) is 5.75 Å². The number of anilines is 1. The largest absolute Gasteiger partial charge is 0.573 e. The summed E-state index contributed by atoms with van der Waals surface area (Å²) in [6.45, 7) is 0.792. The molecule has 0 aliphatic carbocycles. The van der Waals surface area contributed by atoms with E-state index < -0.39 is 6.36 Å². The van der Waals surface area contributed by atoms with Crippen molar-refractivity contribution in [2.24, 2.45) is 0 Å². The molecule has 0 saturated heterocycles. The monoisotopic (exact) mass is 423 g/mol. The maximum atomic E-state index is 12.3. The third-order valence-corrected chi connectivity index (χ3v) is 4.79. The van der Waals surface area contributed by atoms with E-state index in [1.54, 1.807) is 16.8 Å². The molecule has 3 aromatic rings. The molecular weight excluding hydrogens is 411 g/mol. The Morgan fingerprint density at radius 2 is 1.81 bits per heavy atom. The van der Waals surface area contributed by atoms with Gasteiger partial charge in [-0.15, -0.1) is 13.2 Å². The van der Waals surface area contributed by atoms with Crippen molar-refractivity contribution in [1.82, 2.24) is 9.78 Å². The number of nitrogens with one attached hydrogen (secondary N) is 1. The van der Waals surface area contributed by atoms with Crippen LogP contribution in [0.4, 0.5) is 19.0 Å². The fourth-order valence-electron chi connectivity index (χ4n) is 3.02. The van der Waals surface area contributed by atoms with E-state index in [4.69, 9.17) is 5.10 Å². The zero-order valence-corrected chi connectivity index (χ0v) is 14.9. The van der Waals surface area contributed by atoms with E-state index in [-0.39, 0.29) is 5.75 Å². The summed E-state index contributed by atoms with van der Waals surface area (Å²) in [7, 11) is 0. The van der Waals surface area contributed by atoms with Gasteiger partial charge in [-0.25, -0.2) is 4.68 Å². The fraction of sp³-hybridized carbons (Fsp3) is 0.167. The van der Waals surface area contributed by atoms with Crippen LogP contribution in [0.3, 0.4) is 0 Å². The Labute approximate surface area is 155 Å². The lowest BCUT2D eigenvalue weighted by atomic mass is 10.1. The molecular formula is C18H13BrF3N3O. The van der Waals surface area contributed by atoms with Crippen molar-refractivity contribution in [3.63, 3.8) is 0 Å². The van der Waals surface area contributed by atoms with Gasteiger partial charge in [0.25, 0.3) is 0 Å². The van der Waals surface area contributed by atoms with Crippen molar-refractivity contribution in [1.29, 1.82) is 0 Å². The van der Waals surface area contributed by atoms with E-state index >= 15 is 0 Å². The minimum absolute atomic E-state index is 0.260.